The van der Waals surface area contributed by atoms with Gasteiger partial charge in [-0.25, -0.2) is 9.97 Å². The van der Waals surface area contributed by atoms with Gasteiger partial charge in [-0.2, -0.15) is 21.6 Å². The van der Waals surface area contributed by atoms with Crippen LogP contribution in [0.2, 0.25) is 0 Å². The number of phenolic OH excluding ortho intramolecular Hbond substituents is 1. The molecule has 2 atom stereocenters. The molecule has 66 heavy (non-hydrogen) atoms. The highest BCUT2D eigenvalue weighted by molar-refractivity contribution is 7.87. The highest BCUT2D eigenvalue weighted by atomic mass is 32.2. The largest absolute Gasteiger partial charge is 0.523 e. The predicted molar refractivity (Wildman–Crippen MR) is 235 cm³/mol. The van der Waals surface area contributed by atoms with E-state index in [0.717, 1.165) is 34.0 Å². The number of nitro benzene ring substituents is 2. The Morgan fingerprint density at radius 2 is 1.11 bits per heavy atom. The zero-order chi connectivity index (χ0) is 48.5. The maximum Gasteiger partial charge on any atom is 0.523 e. The summed E-state index contributed by atoms with van der Waals surface area (Å²) in [7, 11) is -5.75. The Morgan fingerprint density at radius 1 is 0.697 bits per heavy atom. The molecule has 8 rings (SSSR count). The number of benzene rings is 4. The number of nitro groups is 2. The molecule has 0 aliphatic carbocycles. The average Bonchev–Trinajstić information content (AvgIpc) is 4.09. The van der Waals surface area contributed by atoms with Crippen molar-refractivity contribution in [1.29, 1.82) is 0 Å². The van der Waals surface area contributed by atoms with Gasteiger partial charge in [0.05, 0.1) is 22.5 Å². The van der Waals surface area contributed by atoms with Crippen molar-refractivity contribution in [3.8, 4) is 34.4 Å². The van der Waals surface area contributed by atoms with Crippen molar-refractivity contribution < 1.29 is 54.9 Å². The van der Waals surface area contributed by atoms with E-state index >= 15 is 0 Å². The van der Waals surface area contributed by atoms with Crippen molar-refractivity contribution >= 4 is 21.5 Å². The van der Waals surface area contributed by atoms with Crippen LogP contribution < -0.4 is 14.2 Å². The van der Waals surface area contributed by atoms with Crippen molar-refractivity contribution in [2.75, 3.05) is 13.2 Å². The summed E-state index contributed by atoms with van der Waals surface area (Å²) >= 11 is 0. The average molecular weight is 937 g/mol. The second-order valence-electron chi connectivity index (χ2n) is 16.4. The molecule has 0 amide bonds. The molecule has 350 valence electrons. The van der Waals surface area contributed by atoms with E-state index in [1.165, 1.54) is 13.8 Å². The number of hydrogen-bond donors (Lipinski definition) is 1. The number of aromatic hydroxyl groups is 1. The first-order valence-electron chi connectivity index (χ1n) is 20.2. The van der Waals surface area contributed by atoms with Crippen LogP contribution in [0.4, 0.5) is 24.5 Å². The summed E-state index contributed by atoms with van der Waals surface area (Å²) in [5.74, 6) is 2.09. The fourth-order valence-corrected chi connectivity index (χ4v) is 8.27. The zero-order valence-corrected chi connectivity index (χ0v) is 38.0. The highest BCUT2D eigenvalue weighted by Gasteiger charge is 2.50. The molecular formula is C45H47F3N6O11S. The van der Waals surface area contributed by atoms with Gasteiger partial charge in [-0.15, -0.1) is 0 Å². The van der Waals surface area contributed by atoms with E-state index in [2.05, 4.69) is 14.2 Å². The molecular weight excluding hydrogens is 890 g/mol. The Kier molecular flexibility index (Phi) is 13.6. The SMILES string of the molecule is Cc1c(C)c([N+](=O)[O-])c(C)c2c1OC(C)(COS(=O)(=O)C(F)(F)F)C2.Cc1c(C)c([N+](=O)[O-])c(C)c2c1OC(C)(COc1ccc(-n3ccnc3)cc1)C2.Oc1ccc(-n2ccnc2)cc1. The third-order valence-electron chi connectivity index (χ3n) is 11.5. The smallest absolute Gasteiger partial charge is 0.508 e. The van der Waals surface area contributed by atoms with Gasteiger partial charge >= 0.3 is 15.6 Å². The molecule has 2 aliphatic rings. The van der Waals surface area contributed by atoms with Gasteiger partial charge in [0.25, 0.3) is 11.4 Å². The molecule has 0 saturated heterocycles. The molecule has 4 aromatic carbocycles. The Labute approximate surface area is 377 Å². The summed E-state index contributed by atoms with van der Waals surface area (Å²) in [6.07, 6.45) is 11.2. The minimum atomic E-state index is -5.75. The van der Waals surface area contributed by atoms with Crippen LogP contribution in [0.1, 0.15) is 58.4 Å². The quantitative estimate of drug-likeness (QED) is 0.0588. The number of aromatic nitrogens is 4. The first-order chi connectivity index (χ1) is 30.8. The number of phenols is 1. The minimum Gasteiger partial charge on any atom is -0.508 e. The summed E-state index contributed by atoms with van der Waals surface area (Å²) < 4.78 is 85.1. The van der Waals surface area contributed by atoms with Crippen molar-refractivity contribution in [2.24, 2.45) is 0 Å². The van der Waals surface area contributed by atoms with Crippen LogP contribution >= 0.6 is 0 Å². The van der Waals surface area contributed by atoms with Gasteiger partial charge in [-0.1, -0.05) is 0 Å². The number of fused-ring (bicyclic) bond motifs is 2. The molecule has 2 aromatic heterocycles. The van der Waals surface area contributed by atoms with Crippen LogP contribution in [0.15, 0.2) is 86.0 Å². The first kappa shape index (κ1) is 48.5. The zero-order valence-electron chi connectivity index (χ0n) is 37.2. The molecule has 21 heteroatoms. The topological polar surface area (TPSA) is 213 Å². The lowest BCUT2D eigenvalue weighted by molar-refractivity contribution is -0.386. The van der Waals surface area contributed by atoms with Crippen LogP contribution in [0, 0.1) is 61.8 Å². The van der Waals surface area contributed by atoms with Crippen molar-refractivity contribution in [1.82, 2.24) is 19.1 Å². The molecule has 2 aliphatic heterocycles. The first-order valence-corrected chi connectivity index (χ1v) is 21.6. The van der Waals surface area contributed by atoms with Crippen LogP contribution in [0.25, 0.3) is 11.4 Å². The molecule has 0 saturated carbocycles. The van der Waals surface area contributed by atoms with Gasteiger partial charge in [-0.3, -0.25) is 24.4 Å². The van der Waals surface area contributed by atoms with E-state index in [9.17, 15) is 41.8 Å². The predicted octanol–water partition coefficient (Wildman–Crippen LogP) is 9.14. The maximum atomic E-state index is 12.4. The number of imidazole rings is 2. The van der Waals surface area contributed by atoms with Crippen LogP contribution in [0.3, 0.4) is 0 Å². The number of nitrogens with zero attached hydrogens (tertiary/aromatic N) is 6. The minimum absolute atomic E-state index is 0.0104. The van der Waals surface area contributed by atoms with Gasteiger partial charge in [0, 0.05) is 93.5 Å². The lowest BCUT2D eigenvalue weighted by Crippen LogP contribution is -2.39. The van der Waals surface area contributed by atoms with Gasteiger partial charge in [-0.05, 0) is 104 Å². The standard InChI is InChI=1S/C22H23N3O4.C14H16F3NO6S.C9H8N2O/c1-14-15(2)21-19(16(3)20(14)25(26)27)11-22(4,29-21)12-28-18-7-5-17(6-8-18)24-10-9-23-13-24;1-7-8(2)12-10(9(3)11(7)18(19)20)5-13(4,24-12)6-23-25(21,22)14(15,16)17;12-9-3-1-8(2-4-9)11-6-5-10-7-11/h5-10,13H,11-12H2,1-4H3;5-6H2,1-4H3;1-7,12H. The molecule has 2 unspecified atom stereocenters. The molecule has 17 nitrogen and oxygen atoms in total. The van der Waals surface area contributed by atoms with E-state index in [1.54, 1.807) is 64.9 Å². The van der Waals surface area contributed by atoms with E-state index in [1.807, 2.05) is 71.8 Å². The lowest BCUT2D eigenvalue weighted by Gasteiger charge is -2.24. The lowest BCUT2D eigenvalue weighted by atomic mass is 9.92. The van der Waals surface area contributed by atoms with Gasteiger partial charge in [0.2, 0.25) is 0 Å². The molecule has 1 N–H and O–H groups in total. The monoisotopic (exact) mass is 936 g/mol. The third-order valence-corrected chi connectivity index (χ3v) is 12.5. The van der Waals surface area contributed by atoms with Crippen LogP contribution in [-0.2, 0) is 27.1 Å². The molecule has 0 radical (unpaired) electrons. The summed E-state index contributed by atoms with van der Waals surface area (Å²) in [6.45, 7) is 13.0. The molecule has 0 fully saturated rings. The maximum absolute atomic E-state index is 12.4. The van der Waals surface area contributed by atoms with Gasteiger partial charge < -0.3 is 28.5 Å². The fraction of sp³-hybridized carbons (Fsp3) is 0.333. The number of ether oxygens (including phenoxy) is 3. The Balaban J connectivity index is 0.000000176. The number of halogens is 3. The summed E-state index contributed by atoms with van der Waals surface area (Å²) in [5, 5.41) is 31.8. The Bertz CT molecular complexity index is 2870. The number of hydrogen-bond acceptors (Lipinski definition) is 13. The van der Waals surface area contributed by atoms with Crippen LogP contribution in [-0.4, -0.2) is 72.4 Å². The van der Waals surface area contributed by atoms with Gasteiger partial charge in [0.15, 0.2) is 0 Å². The van der Waals surface area contributed by atoms with Crippen LogP contribution in [0.5, 0.6) is 23.0 Å². The molecule has 4 heterocycles. The van der Waals surface area contributed by atoms with E-state index in [0.29, 0.717) is 52.2 Å². The second-order valence-corrected chi connectivity index (χ2v) is 18.0. The van der Waals surface area contributed by atoms with E-state index < -0.39 is 38.4 Å². The van der Waals surface area contributed by atoms with Crippen molar-refractivity contribution in [3.63, 3.8) is 0 Å². The van der Waals surface area contributed by atoms with Crippen molar-refractivity contribution in [3.05, 3.63) is 151 Å². The Hall–Kier alpha value is -7.00. The van der Waals surface area contributed by atoms with Crippen molar-refractivity contribution in [2.45, 2.75) is 84.9 Å². The Morgan fingerprint density at radius 3 is 1.48 bits per heavy atom. The normalized spacial score (nSPS) is 17.3. The summed E-state index contributed by atoms with van der Waals surface area (Å²) in [6, 6.07) is 14.7. The van der Waals surface area contributed by atoms with E-state index in [4.69, 9.17) is 19.3 Å². The summed E-state index contributed by atoms with van der Waals surface area (Å²) in [5.41, 5.74) is -0.681. The summed E-state index contributed by atoms with van der Waals surface area (Å²) in [4.78, 5) is 29.9. The number of alkyl halides is 3. The fourth-order valence-electron chi connectivity index (χ4n) is 7.73. The molecule has 6 aromatic rings. The molecule has 0 bridgehead atoms. The third kappa shape index (κ3) is 10.1. The van der Waals surface area contributed by atoms with E-state index in [-0.39, 0.29) is 28.5 Å². The second kappa shape index (κ2) is 18.5. The highest BCUT2D eigenvalue weighted by Crippen LogP contribution is 2.47. The molecule has 0 spiro atoms. The number of rotatable bonds is 10. The van der Waals surface area contributed by atoms with Gasteiger partial charge in [0.1, 0.15) is 47.4 Å².